The fraction of sp³-hybridized carbons (Fsp3) is 0.500. The number of rotatable bonds is 6. The van der Waals surface area contributed by atoms with Crippen LogP contribution < -0.4 is 10.6 Å². The number of aromatic nitrogens is 2. The van der Waals surface area contributed by atoms with E-state index in [0.29, 0.717) is 11.7 Å². The van der Waals surface area contributed by atoms with Crippen molar-refractivity contribution >= 4 is 17.3 Å². The van der Waals surface area contributed by atoms with Gasteiger partial charge in [-0.05, 0) is 24.7 Å². The van der Waals surface area contributed by atoms with Crippen LogP contribution in [0.15, 0.2) is 18.6 Å². The monoisotopic (exact) mass is 240 g/mol. The van der Waals surface area contributed by atoms with Gasteiger partial charge in [-0.25, -0.2) is 9.97 Å². The summed E-state index contributed by atoms with van der Waals surface area (Å²) in [5.41, 5.74) is 0.913. The van der Waals surface area contributed by atoms with Crippen LogP contribution in [0.2, 0.25) is 0 Å². The molecule has 0 aliphatic carbocycles. The third-order valence-electron chi connectivity index (χ3n) is 1.88. The Morgan fingerprint density at radius 2 is 2.38 bits per heavy atom. The highest BCUT2D eigenvalue weighted by molar-refractivity contribution is 7.80. The van der Waals surface area contributed by atoms with Crippen molar-refractivity contribution < 1.29 is 4.74 Å². The van der Waals surface area contributed by atoms with E-state index < -0.39 is 0 Å². The minimum atomic E-state index is 0.610. The van der Waals surface area contributed by atoms with Gasteiger partial charge in [0.25, 0.3) is 0 Å². The molecule has 0 amide bonds. The predicted octanol–water partition coefficient (Wildman–Crippen LogP) is 0.477. The molecule has 6 heteroatoms. The molecule has 2 N–H and O–H groups in total. The zero-order valence-corrected chi connectivity index (χ0v) is 10.1. The smallest absolute Gasteiger partial charge is 0.166 e. The molecule has 16 heavy (non-hydrogen) atoms. The van der Waals surface area contributed by atoms with Crippen molar-refractivity contribution in [1.29, 1.82) is 0 Å². The highest BCUT2D eigenvalue weighted by Crippen LogP contribution is 1.89. The number of methoxy groups -OCH3 is 1. The highest BCUT2D eigenvalue weighted by Gasteiger charge is 1.96. The molecule has 0 fully saturated rings. The Morgan fingerprint density at radius 3 is 3.06 bits per heavy atom. The topological polar surface area (TPSA) is 59.1 Å². The van der Waals surface area contributed by atoms with Gasteiger partial charge in [0.2, 0.25) is 0 Å². The van der Waals surface area contributed by atoms with Crippen LogP contribution in [0.5, 0.6) is 0 Å². The van der Waals surface area contributed by atoms with Gasteiger partial charge in [0.1, 0.15) is 6.33 Å². The van der Waals surface area contributed by atoms with Crippen molar-refractivity contribution in [1.82, 2.24) is 20.6 Å². The maximum Gasteiger partial charge on any atom is 0.166 e. The van der Waals surface area contributed by atoms with Gasteiger partial charge in [0.15, 0.2) is 5.11 Å². The van der Waals surface area contributed by atoms with Gasteiger partial charge in [-0.1, -0.05) is 0 Å². The summed E-state index contributed by atoms with van der Waals surface area (Å²) in [4.78, 5) is 7.92. The van der Waals surface area contributed by atoms with Crippen LogP contribution in [0.4, 0.5) is 0 Å². The van der Waals surface area contributed by atoms with Gasteiger partial charge in [0, 0.05) is 26.5 Å². The maximum atomic E-state index is 5.10. The third-order valence-corrected chi connectivity index (χ3v) is 2.17. The van der Waals surface area contributed by atoms with Gasteiger partial charge in [0.05, 0.1) is 12.2 Å². The number of ether oxygens (including phenoxy) is 1. The summed E-state index contributed by atoms with van der Waals surface area (Å²) in [6, 6.07) is 1.85. The van der Waals surface area contributed by atoms with Crippen molar-refractivity contribution in [3.63, 3.8) is 0 Å². The number of nitrogens with zero attached hydrogens (tertiary/aromatic N) is 2. The Bertz CT molecular complexity index is 307. The van der Waals surface area contributed by atoms with E-state index in [0.717, 1.165) is 25.3 Å². The molecule has 0 radical (unpaired) electrons. The van der Waals surface area contributed by atoms with Crippen LogP contribution in [0.1, 0.15) is 12.1 Å². The maximum absolute atomic E-state index is 5.10. The Labute approximate surface area is 101 Å². The summed E-state index contributed by atoms with van der Waals surface area (Å²) >= 11 is 5.10. The van der Waals surface area contributed by atoms with E-state index in [1.54, 1.807) is 13.3 Å². The van der Waals surface area contributed by atoms with Gasteiger partial charge in [-0.3, -0.25) is 0 Å². The second-order valence-electron chi connectivity index (χ2n) is 3.16. The molecule has 0 unspecified atom stereocenters. The van der Waals surface area contributed by atoms with Crippen LogP contribution in [0.25, 0.3) is 0 Å². The lowest BCUT2D eigenvalue weighted by Gasteiger charge is -2.09. The van der Waals surface area contributed by atoms with Crippen LogP contribution in [-0.4, -0.2) is 35.3 Å². The Hall–Kier alpha value is -1.27. The van der Waals surface area contributed by atoms with E-state index in [1.165, 1.54) is 6.33 Å². The molecule has 1 aromatic heterocycles. The molecule has 0 aliphatic rings. The van der Waals surface area contributed by atoms with Crippen molar-refractivity contribution in [2.75, 3.05) is 20.3 Å². The van der Waals surface area contributed by atoms with Crippen LogP contribution in [-0.2, 0) is 11.3 Å². The minimum Gasteiger partial charge on any atom is -0.385 e. The highest BCUT2D eigenvalue weighted by atomic mass is 32.1. The molecule has 0 bridgehead atoms. The quantitative estimate of drug-likeness (QED) is 0.557. The predicted molar refractivity (Wildman–Crippen MR) is 66.0 cm³/mol. The fourth-order valence-corrected chi connectivity index (χ4v) is 1.25. The second kappa shape index (κ2) is 7.95. The molecule has 5 nitrogen and oxygen atoms in total. The fourth-order valence-electron chi connectivity index (χ4n) is 1.07. The Morgan fingerprint density at radius 1 is 1.50 bits per heavy atom. The molecule has 0 spiro atoms. The number of hydrogen-bond donors (Lipinski definition) is 2. The zero-order chi connectivity index (χ0) is 11.6. The van der Waals surface area contributed by atoms with E-state index >= 15 is 0 Å². The van der Waals surface area contributed by atoms with Crippen LogP contribution >= 0.6 is 12.2 Å². The number of nitrogens with one attached hydrogen (secondary N) is 2. The first-order valence-corrected chi connectivity index (χ1v) is 5.49. The molecule has 0 saturated heterocycles. The molecule has 0 aromatic carbocycles. The second-order valence-corrected chi connectivity index (χ2v) is 3.56. The van der Waals surface area contributed by atoms with E-state index in [1.807, 2.05) is 6.07 Å². The zero-order valence-electron chi connectivity index (χ0n) is 9.27. The summed E-state index contributed by atoms with van der Waals surface area (Å²) in [5, 5.41) is 6.78. The summed E-state index contributed by atoms with van der Waals surface area (Å²) in [6.07, 6.45) is 4.16. The Balaban J connectivity index is 2.11. The third kappa shape index (κ3) is 5.57. The molecule has 1 heterocycles. The molecule has 1 aromatic rings. The first-order valence-electron chi connectivity index (χ1n) is 5.08. The molecule has 0 aliphatic heterocycles. The van der Waals surface area contributed by atoms with E-state index in [9.17, 15) is 0 Å². The average molecular weight is 240 g/mol. The van der Waals surface area contributed by atoms with Gasteiger partial charge in [-0.2, -0.15) is 0 Å². The van der Waals surface area contributed by atoms with Gasteiger partial charge >= 0.3 is 0 Å². The number of thiocarbonyl (C=S) groups is 1. The minimum absolute atomic E-state index is 0.610. The van der Waals surface area contributed by atoms with Crippen molar-refractivity contribution in [3.05, 3.63) is 24.3 Å². The van der Waals surface area contributed by atoms with Crippen LogP contribution in [0, 0.1) is 0 Å². The van der Waals surface area contributed by atoms with Crippen molar-refractivity contribution in [2.45, 2.75) is 13.0 Å². The molecule has 0 saturated carbocycles. The first-order chi connectivity index (χ1) is 7.83. The lowest BCUT2D eigenvalue weighted by atomic mass is 10.4. The first kappa shape index (κ1) is 12.8. The molecular weight excluding hydrogens is 224 g/mol. The summed E-state index contributed by atoms with van der Waals surface area (Å²) < 4.78 is 4.93. The summed E-state index contributed by atoms with van der Waals surface area (Å²) in [5.74, 6) is 0. The van der Waals surface area contributed by atoms with Gasteiger partial charge < -0.3 is 15.4 Å². The standard InChI is InChI=1S/C10H16N4OS/c1-15-6-2-4-12-10(16)13-7-9-3-5-11-8-14-9/h3,5,8H,2,4,6-7H2,1H3,(H2,12,13,16). The van der Waals surface area contributed by atoms with Crippen molar-refractivity contribution in [3.8, 4) is 0 Å². The summed E-state index contributed by atoms with van der Waals surface area (Å²) in [7, 11) is 1.69. The number of hydrogen-bond acceptors (Lipinski definition) is 4. The SMILES string of the molecule is COCCCNC(=S)NCc1ccncn1. The largest absolute Gasteiger partial charge is 0.385 e. The lowest BCUT2D eigenvalue weighted by Crippen LogP contribution is -2.35. The molecule has 1 rings (SSSR count). The van der Waals surface area contributed by atoms with E-state index in [2.05, 4.69) is 20.6 Å². The summed E-state index contributed by atoms with van der Waals surface area (Å²) in [6.45, 7) is 2.16. The average Bonchev–Trinajstić information content (AvgIpc) is 2.33. The van der Waals surface area contributed by atoms with E-state index in [-0.39, 0.29) is 0 Å². The lowest BCUT2D eigenvalue weighted by molar-refractivity contribution is 0.195. The Kier molecular flexibility index (Phi) is 6.36. The van der Waals surface area contributed by atoms with Gasteiger partial charge in [-0.15, -0.1) is 0 Å². The molecule has 88 valence electrons. The molecule has 0 atom stereocenters. The van der Waals surface area contributed by atoms with Crippen molar-refractivity contribution in [2.24, 2.45) is 0 Å². The van der Waals surface area contributed by atoms with E-state index in [4.69, 9.17) is 17.0 Å². The normalized spacial score (nSPS) is 9.81. The van der Waals surface area contributed by atoms with Crippen LogP contribution in [0.3, 0.4) is 0 Å². The molecular formula is C10H16N4OS.